The molecule has 20 heavy (non-hydrogen) atoms. The summed E-state index contributed by atoms with van der Waals surface area (Å²) in [4.78, 5) is 36.7. The van der Waals surface area contributed by atoms with Gasteiger partial charge in [0.15, 0.2) is 0 Å². The minimum Gasteiger partial charge on any atom is -0.463 e. The van der Waals surface area contributed by atoms with E-state index < -0.39 is 17.7 Å². The maximum absolute atomic E-state index is 12.0. The number of ketones is 1. The van der Waals surface area contributed by atoms with E-state index in [1.807, 2.05) is 0 Å². The predicted octanol–water partition coefficient (Wildman–Crippen LogP) is 2.10. The van der Waals surface area contributed by atoms with Gasteiger partial charge in [0.2, 0.25) is 0 Å². The minimum absolute atomic E-state index is 0.0626. The van der Waals surface area contributed by atoms with E-state index in [9.17, 15) is 14.4 Å². The number of hydrogen-bond donors (Lipinski definition) is 0. The Morgan fingerprint density at radius 2 is 2.10 bits per heavy atom. The molecule has 5 nitrogen and oxygen atoms in total. The summed E-state index contributed by atoms with van der Waals surface area (Å²) in [5.41, 5.74) is 0.912. The Morgan fingerprint density at radius 3 is 2.75 bits per heavy atom. The van der Waals surface area contributed by atoms with Crippen LogP contribution in [0.15, 0.2) is 34.8 Å². The van der Waals surface area contributed by atoms with E-state index in [1.54, 1.807) is 25.1 Å². The van der Waals surface area contributed by atoms with Crippen LogP contribution < -0.4 is 4.90 Å². The number of rotatable bonds is 4. The molecule has 0 saturated heterocycles. The van der Waals surface area contributed by atoms with Crippen LogP contribution >= 0.6 is 15.9 Å². The number of ether oxygens (including phenoxy) is 1. The SMILES string of the molecule is C=C(CN1C(=O)C(=O)c2c(Br)cccc21)C(=O)OCC. The van der Waals surface area contributed by atoms with Crippen LogP contribution in [0.2, 0.25) is 0 Å². The molecule has 0 saturated carbocycles. The fourth-order valence-electron chi connectivity index (χ4n) is 1.95. The van der Waals surface area contributed by atoms with Crippen molar-refractivity contribution < 1.29 is 19.1 Å². The first-order chi connectivity index (χ1) is 9.47. The van der Waals surface area contributed by atoms with Gasteiger partial charge in [-0.1, -0.05) is 12.6 Å². The van der Waals surface area contributed by atoms with Crippen LogP contribution in [0.25, 0.3) is 0 Å². The normalized spacial score (nSPS) is 13.4. The fourth-order valence-corrected chi connectivity index (χ4v) is 2.48. The van der Waals surface area contributed by atoms with Crippen molar-refractivity contribution in [2.24, 2.45) is 0 Å². The Morgan fingerprint density at radius 1 is 1.40 bits per heavy atom. The average molecular weight is 338 g/mol. The monoisotopic (exact) mass is 337 g/mol. The molecule has 1 amide bonds. The van der Waals surface area contributed by atoms with E-state index in [0.29, 0.717) is 15.7 Å². The molecule has 1 heterocycles. The Hall–Kier alpha value is -1.95. The molecule has 1 aliphatic heterocycles. The second-order valence-electron chi connectivity index (χ2n) is 4.18. The zero-order chi connectivity index (χ0) is 14.9. The summed E-state index contributed by atoms with van der Waals surface area (Å²) in [7, 11) is 0. The van der Waals surface area contributed by atoms with Gasteiger partial charge in [0.05, 0.1) is 24.4 Å². The van der Waals surface area contributed by atoms with E-state index in [1.165, 1.54) is 4.90 Å². The van der Waals surface area contributed by atoms with Gasteiger partial charge in [0.25, 0.3) is 11.7 Å². The molecule has 1 aromatic rings. The van der Waals surface area contributed by atoms with Crippen molar-refractivity contribution in [2.75, 3.05) is 18.1 Å². The third-order valence-electron chi connectivity index (χ3n) is 2.86. The fraction of sp³-hybridized carbons (Fsp3) is 0.214. The zero-order valence-corrected chi connectivity index (χ0v) is 12.4. The highest BCUT2D eigenvalue weighted by Gasteiger charge is 2.37. The van der Waals surface area contributed by atoms with Gasteiger partial charge in [0.1, 0.15) is 0 Å². The molecule has 0 aliphatic carbocycles. The van der Waals surface area contributed by atoms with E-state index in [2.05, 4.69) is 22.5 Å². The van der Waals surface area contributed by atoms with Gasteiger partial charge in [-0.2, -0.15) is 0 Å². The summed E-state index contributed by atoms with van der Waals surface area (Å²) in [6.45, 7) is 5.45. The summed E-state index contributed by atoms with van der Waals surface area (Å²) in [6.07, 6.45) is 0. The number of nitrogens with zero attached hydrogens (tertiary/aromatic N) is 1. The second kappa shape index (κ2) is 5.58. The first kappa shape index (κ1) is 14.5. The van der Waals surface area contributed by atoms with Crippen molar-refractivity contribution in [3.05, 3.63) is 40.4 Å². The number of carbonyl (C=O) groups is 3. The molecule has 0 spiro atoms. The molecular weight excluding hydrogens is 326 g/mol. The number of amides is 1. The third-order valence-corrected chi connectivity index (χ3v) is 3.52. The molecule has 1 aromatic carbocycles. The molecule has 0 bridgehead atoms. The molecule has 0 N–H and O–H groups in total. The topological polar surface area (TPSA) is 63.7 Å². The summed E-state index contributed by atoms with van der Waals surface area (Å²) in [6, 6.07) is 5.06. The van der Waals surface area contributed by atoms with Crippen LogP contribution in [-0.2, 0) is 14.3 Å². The number of carbonyl (C=O) groups excluding carboxylic acids is 3. The van der Waals surface area contributed by atoms with E-state index in [0.717, 1.165) is 0 Å². The van der Waals surface area contributed by atoms with Crippen molar-refractivity contribution in [2.45, 2.75) is 6.92 Å². The molecule has 0 radical (unpaired) electrons. The lowest BCUT2D eigenvalue weighted by atomic mass is 10.1. The summed E-state index contributed by atoms with van der Waals surface area (Å²) < 4.78 is 5.37. The minimum atomic E-state index is -0.669. The highest BCUT2D eigenvalue weighted by Crippen LogP contribution is 2.34. The molecule has 0 fully saturated rings. The molecule has 0 aromatic heterocycles. The lowest BCUT2D eigenvalue weighted by molar-refractivity contribution is -0.138. The zero-order valence-electron chi connectivity index (χ0n) is 10.8. The highest BCUT2D eigenvalue weighted by molar-refractivity contribution is 9.10. The van der Waals surface area contributed by atoms with Gasteiger partial charge in [-0.05, 0) is 35.0 Å². The lowest BCUT2D eigenvalue weighted by Crippen LogP contribution is -2.33. The molecule has 0 atom stereocenters. The van der Waals surface area contributed by atoms with Crippen molar-refractivity contribution in [1.29, 1.82) is 0 Å². The molecule has 0 unspecified atom stereocenters. The van der Waals surface area contributed by atoms with Gasteiger partial charge in [0, 0.05) is 10.0 Å². The quantitative estimate of drug-likeness (QED) is 0.479. The number of Topliss-reactive ketones (excluding diaryl/α,β-unsaturated/α-hetero) is 1. The van der Waals surface area contributed by atoms with Crippen molar-refractivity contribution >= 4 is 39.3 Å². The van der Waals surface area contributed by atoms with E-state index in [4.69, 9.17) is 4.74 Å². The van der Waals surface area contributed by atoms with Gasteiger partial charge >= 0.3 is 5.97 Å². The van der Waals surface area contributed by atoms with Crippen LogP contribution in [0, 0.1) is 0 Å². The second-order valence-corrected chi connectivity index (χ2v) is 5.03. The molecule has 104 valence electrons. The molecule has 6 heteroatoms. The largest absolute Gasteiger partial charge is 0.463 e. The Bertz CT molecular complexity index is 624. The summed E-state index contributed by atoms with van der Waals surface area (Å²) in [5, 5.41) is 0. The molecule has 2 rings (SSSR count). The van der Waals surface area contributed by atoms with Gasteiger partial charge < -0.3 is 9.64 Å². The van der Waals surface area contributed by atoms with Crippen LogP contribution in [0.4, 0.5) is 5.69 Å². The number of benzene rings is 1. The average Bonchev–Trinajstić information content (AvgIpc) is 2.65. The maximum Gasteiger partial charge on any atom is 0.335 e. The summed E-state index contributed by atoms with van der Waals surface area (Å²) in [5.74, 6) is -1.84. The van der Waals surface area contributed by atoms with Gasteiger partial charge in [-0.25, -0.2) is 4.79 Å². The van der Waals surface area contributed by atoms with E-state index in [-0.39, 0.29) is 18.7 Å². The van der Waals surface area contributed by atoms with Crippen molar-refractivity contribution in [3.63, 3.8) is 0 Å². The molecular formula is C14H12BrNO4. The number of hydrogen-bond acceptors (Lipinski definition) is 4. The van der Waals surface area contributed by atoms with Crippen LogP contribution in [-0.4, -0.2) is 30.8 Å². The first-order valence-electron chi connectivity index (χ1n) is 5.97. The number of anilines is 1. The Kier molecular flexibility index (Phi) is 4.04. The Labute approximate surface area is 124 Å². The Balaban J connectivity index is 2.29. The van der Waals surface area contributed by atoms with Gasteiger partial charge in [-0.15, -0.1) is 0 Å². The third kappa shape index (κ3) is 2.38. The van der Waals surface area contributed by atoms with Gasteiger partial charge in [-0.3, -0.25) is 9.59 Å². The van der Waals surface area contributed by atoms with Crippen molar-refractivity contribution in [1.82, 2.24) is 0 Å². The van der Waals surface area contributed by atoms with E-state index >= 15 is 0 Å². The smallest absolute Gasteiger partial charge is 0.335 e. The van der Waals surface area contributed by atoms with Crippen LogP contribution in [0.1, 0.15) is 17.3 Å². The van der Waals surface area contributed by atoms with Crippen LogP contribution in [0.5, 0.6) is 0 Å². The van der Waals surface area contributed by atoms with Crippen molar-refractivity contribution in [3.8, 4) is 0 Å². The number of fused-ring (bicyclic) bond motifs is 1. The number of esters is 1. The maximum atomic E-state index is 12.0. The standard InChI is InChI=1S/C14H12BrNO4/c1-3-20-14(19)8(2)7-16-10-6-4-5-9(15)11(10)12(17)13(16)18/h4-6H,2-3,7H2,1H3. The first-order valence-corrected chi connectivity index (χ1v) is 6.76. The summed E-state index contributed by atoms with van der Waals surface area (Å²) >= 11 is 3.25. The predicted molar refractivity (Wildman–Crippen MR) is 76.6 cm³/mol. The number of halogens is 1. The molecule has 1 aliphatic rings. The lowest BCUT2D eigenvalue weighted by Gasteiger charge is -2.17. The van der Waals surface area contributed by atoms with Crippen LogP contribution in [0.3, 0.4) is 0 Å². The highest BCUT2D eigenvalue weighted by atomic mass is 79.9.